The molecule has 0 spiro atoms. The van der Waals surface area contributed by atoms with Crippen LogP contribution in [0.25, 0.3) is 11.3 Å². The van der Waals surface area contributed by atoms with E-state index < -0.39 is 12.0 Å². The van der Waals surface area contributed by atoms with Crippen LogP contribution in [-0.2, 0) is 9.53 Å². The normalized spacial score (nSPS) is 11.4. The van der Waals surface area contributed by atoms with Gasteiger partial charge in [0, 0.05) is 17.1 Å². The number of nitrogens with one attached hydrogen (secondary N) is 2. The minimum absolute atomic E-state index is 0. The lowest BCUT2D eigenvalue weighted by atomic mass is 10.2. The molecule has 0 radical (unpaired) electrons. The summed E-state index contributed by atoms with van der Waals surface area (Å²) in [6, 6.07) is 1.04. The van der Waals surface area contributed by atoms with E-state index in [-0.39, 0.29) is 18.3 Å². The molecular weight excluding hydrogens is 316 g/mol. The number of hydrogen-bond donors (Lipinski definition) is 3. The van der Waals surface area contributed by atoms with Crippen LogP contribution in [0.1, 0.15) is 17.4 Å². The second kappa shape index (κ2) is 7.21. The topological polar surface area (TPSA) is 110 Å². The lowest BCUT2D eigenvalue weighted by molar-refractivity contribution is -0.117. The average Bonchev–Trinajstić information content (AvgIpc) is 3.05. The number of amides is 1. The number of carbonyl (C=O) groups is 2. The number of halogens is 1. The summed E-state index contributed by atoms with van der Waals surface area (Å²) in [6.45, 7) is 1.60. The van der Waals surface area contributed by atoms with Crippen molar-refractivity contribution in [1.29, 1.82) is 0 Å². The Labute approximate surface area is 131 Å². The third-order valence-electron chi connectivity index (χ3n) is 2.53. The van der Waals surface area contributed by atoms with Crippen LogP contribution >= 0.6 is 23.7 Å². The molecule has 0 aliphatic heterocycles. The van der Waals surface area contributed by atoms with Gasteiger partial charge in [-0.1, -0.05) is 0 Å². The molecule has 0 unspecified atom stereocenters. The van der Waals surface area contributed by atoms with Crippen molar-refractivity contribution in [3.05, 3.63) is 23.3 Å². The summed E-state index contributed by atoms with van der Waals surface area (Å²) in [5, 5.41) is 4.85. The number of ether oxygens (including phenoxy) is 1. The van der Waals surface area contributed by atoms with Crippen LogP contribution in [-0.4, -0.2) is 35.0 Å². The van der Waals surface area contributed by atoms with Gasteiger partial charge in [-0.3, -0.25) is 4.79 Å². The molecule has 4 N–H and O–H groups in total. The Balaban J connectivity index is 0.00000220. The van der Waals surface area contributed by atoms with E-state index in [1.165, 1.54) is 18.4 Å². The molecule has 114 valence electrons. The fraction of sp³-hybridized carbons (Fsp3) is 0.250. The van der Waals surface area contributed by atoms with E-state index in [4.69, 9.17) is 5.73 Å². The van der Waals surface area contributed by atoms with Crippen LogP contribution in [0.2, 0.25) is 0 Å². The van der Waals surface area contributed by atoms with E-state index in [0.29, 0.717) is 16.5 Å². The molecule has 2 aromatic heterocycles. The highest BCUT2D eigenvalue weighted by Crippen LogP contribution is 2.25. The molecule has 2 aromatic rings. The quantitative estimate of drug-likeness (QED) is 0.738. The van der Waals surface area contributed by atoms with Crippen LogP contribution in [0.15, 0.2) is 17.6 Å². The van der Waals surface area contributed by atoms with Crippen LogP contribution < -0.4 is 11.1 Å². The number of carbonyl (C=O) groups excluding carboxylic acids is 2. The summed E-state index contributed by atoms with van der Waals surface area (Å²) >= 11 is 1.28. The number of methoxy groups -OCH3 is 1. The van der Waals surface area contributed by atoms with Crippen molar-refractivity contribution in [2.45, 2.75) is 13.0 Å². The highest BCUT2D eigenvalue weighted by molar-refractivity contribution is 7.14. The first-order valence-corrected chi connectivity index (χ1v) is 6.68. The number of nitrogens with two attached hydrogens (primary N) is 1. The maximum Gasteiger partial charge on any atom is 0.354 e. The van der Waals surface area contributed by atoms with E-state index in [0.717, 1.165) is 5.56 Å². The summed E-state index contributed by atoms with van der Waals surface area (Å²) in [5.74, 6) is -0.743. The number of esters is 1. The highest BCUT2D eigenvalue weighted by Gasteiger charge is 2.13. The predicted molar refractivity (Wildman–Crippen MR) is 82.8 cm³/mol. The minimum Gasteiger partial charge on any atom is -0.464 e. The van der Waals surface area contributed by atoms with E-state index in [2.05, 4.69) is 20.0 Å². The molecule has 0 aliphatic carbocycles. The van der Waals surface area contributed by atoms with Crippen molar-refractivity contribution in [3.8, 4) is 11.3 Å². The molecule has 0 saturated heterocycles. The van der Waals surface area contributed by atoms with Crippen LogP contribution in [0.4, 0.5) is 5.13 Å². The number of hydrogen-bond acceptors (Lipinski definition) is 6. The Bertz CT molecular complexity index is 638. The smallest absolute Gasteiger partial charge is 0.354 e. The van der Waals surface area contributed by atoms with Crippen molar-refractivity contribution in [1.82, 2.24) is 9.97 Å². The number of aromatic amines is 1. The van der Waals surface area contributed by atoms with Crippen molar-refractivity contribution >= 4 is 40.8 Å². The zero-order valence-electron chi connectivity index (χ0n) is 11.4. The second-order valence-corrected chi connectivity index (χ2v) is 4.97. The van der Waals surface area contributed by atoms with Crippen molar-refractivity contribution in [2.24, 2.45) is 5.73 Å². The number of nitrogens with zero attached hydrogens (tertiary/aromatic N) is 1. The third kappa shape index (κ3) is 4.03. The van der Waals surface area contributed by atoms with Gasteiger partial charge in [0.2, 0.25) is 5.91 Å². The lowest BCUT2D eigenvalue weighted by Crippen LogP contribution is -2.32. The first-order valence-electron chi connectivity index (χ1n) is 5.80. The van der Waals surface area contributed by atoms with Gasteiger partial charge in [0.15, 0.2) is 5.13 Å². The molecule has 2 rings (SSSR count). The van der Waals surface area contributed by atoms with Crippen LogP contribution in [0.3, 0.4) is 0 Å². The van der Waals surface area contributed by atoms with Crippen molar-refractivity contribution in [3.63, 3.8) is 0 Å². The number of aromatic nitrogens is 2. The molecule has 0 saturated carbocycles. The van der Waals surface area contributed by atoms with E-state index in [1.54, 1.807) is 24.6 Å². The van der Waals surface area contributed by atoms with Crippen LogP contribution in [0, 0.1) is 0 Å². The second-order valence-electron chi connectivity index (χ2n) is 4.11. The number of thiazole rings is 1. The van der Waals surface area contributed by atoms with Gasteiger partial charge in [-0.15, -0.1) is 23.7 Å². The Kier molecular flexibility index (Phi) is 5.89. The Morgan fingerprint density at radius 1 is 1.52 bits per heavy atom. The van der Waals surface area contributed by atoms with Gasteiger partial charge >= 0.3 is 5.97 Å². The minimum atomic E-state index is -0.597. The molecule has 0 bridgehead atoms. The number of anilines is 1. The predicted octanol–water partition coefficient (Wildman–Crippen LogP) is 1.63. The summed E-state index contributed by atoms with van der Waals surface area (Å²) in [4.78, 5) is 29.9. The molecular formula is C12H15ClN4O3S. The molecule has 0 aromatic carbocycles. The summed E-state index contributed by atoms with van der Waals surface area (Å²) in [7, 11) is 1.31. The molecule has 2 heterocycles. The van der Waals surface area contributed by atoms with Gasteiger partial charge in [0.25, 0.3) is 0 Å². The van der Waals surface area contributed by atoms with Gasteiger partial charge in [-0.2, -0.15) is 0 Å². The summed E-state index contributed by atoms with van der Waals surface area (Å²) in [5.41, 5.74) is 7.20. The van der Waals surface area contributed by atoms with Gasteiger partial charge < -0.3 is 20.8 Å². The largest absolute Gasteiger partial charge is 0.464 e. The number of H-pyrrole nitrogens is 1. The third-order valence-corrected chi connectivity index (χ3v) is 3.29. The van der Waals surface area contributed by atoms with E-state index >= 15 is 0 Å². The van der Waals surface area contributed by atoms with Gasteiger partial charge in [-0.25, -0.2) is 9.78 Å². The SMILES string of the molecule is COC(=O)c1cc(-c2csc(NC(=O)[C@@H](C)N)n2)c[nH]1.Cl. The monoisotopic (exact) mass is 330 g/mol. The fourth-order valence-corrected chi connectivity index (χ4v) is 2.18. The summed E-state index contributed by atoms with van der Waals surface area (Å²) in [6.07, 6.45) is 1.65. The lowest BCUT2D eigenvalue weighted by Gasteiger charge is -2.03. The van der Waals surface area contributed by atoms with Crippen molar-refractivity contribution in [2.75, 3.05) is 12.4 Å². The number of rotatable bonds is 4. The molecule has 1 amide bonds. The van der Waals surface area contributed by atoms with E-state index in [1.807, 2.05) is 0 Å². The molecule has 21 heavy (non-hydrogen) atoms. The maximum atomic E-state index is 11.5. The molecule has 0 aliphatic rings. The zero-order chi connectivity index (χ0) is 14.7. The van der Waals surface area contributed by atoms with Crippen LogP contribution in [0.5, 0.6) is 0 Å². The Hall–Kier alpha value is -1.90. The summed E-state index contributed by atoms with van der Waals surface area (Å²) < 4.78 is 4.61. The maximum absolute atomic E-state index is 11.5. The Morgan fingerprint density at radius 3 is 2.86 bits per heavy atom. The van der Waals surface area contributed by atoms with E-state index in [9.17, 15) is 9.59 Å². The Morgan fingerprint density at radius 2 is 2.24 bits per heavy atom. The first-order chi connectivity index (χ1) is 9.51. The molecule has 7 nitrogen and oxygen atoms in total. The van der Waals surface area contributed by atoms with Gasteiger partial charge in [0.05, 0.1) is 18.8 Å². The molecule has 0 fully saturated rings. The average molecular weight is 331 g/mol. The molecule has 9 heteroatoms. The fourth-order valence-electron chi connectivity index (χ4n) is 1.45. The van der Waals surface area contributed by atoms with Gasteiger partial charge in [0.1, 0.15) is 5.69 Å². The standard InChI is InChI=1S/C12H14N4O3S.ClH/c1-6(13)10(17)16-12-15-9(5-20-12)7-3-8(14-4-7)11(18)19-2;/h3-6,14H,13H2,1-2H3,(H,15,16,17);1H/t6-;/m1./s1. The van der Waals surface area contributed by atoms with Gasteiger partial charge in [-0.05, 0) is 13.0 Å². The van der Waals surface area contributed by atoms with Crippen molar-refractivity contribution < 1.29 is 14.3 Å². The highest BCUT2D eigenvalue weighted by atomic mass is 35.5. The zero-order valence-corrected chi connectivity index (χ0v) is 13.0. The molecule has 1 atom stereocenters. The first kappa shape index (κ1) is 17.2.